The molecule has 1 aromatic rings. The molecule has 15 heavy (non-hydrogen) atoms. The van der Waals surface area contributed by atoms with Crippen molar-refractivity contribution in [3.05, 3.63) is 11.9 Å². The summed E-state index contributed by atoms with van der Waals surface area (Å²) in [5, 5.41) is 3.31. The van der Waals surface area contributed by atoms with Crippen LogP contribution in [0.4, 0.5) is 11.6 Å². The Morgan fingerprint density at radius 2 is 2.20 bits per heavy atom. The van der Waals surface area contributed by atoms with Crippen LogP contribution >= 0.6 is 0 Å². The van der Waals surface area contributed by atoms with Gasteiger partial charge in [-0.1, -0.05) is 13.8 Å². The van der Waals surface area contributed by atoms with E-state index in [9.17, 15) is 0 Å². The third-order valence-corrected chi connectivity index (χ3v) is 3.10. The van der Waals surface area contributed by atoms with Crippen molar-refractivity contribution in [3.63, 3.8) is 0 Å². The molecule has 0 bridgehead atoms. The monoisotopic (exact) mass is 206 g/mol. The summed E-state index contributed by atoms with van der Waals surface area (Å²) in [7, 11) is 0. The summed E-state index contributed by atoms with van der Waals surface area (Å²) in [5.41, 5.74) is 6.14. The predicted octanol–water partition coefficient (Wildman–Crippen LogP) is 1.83. The van der Waals surface area contributed by atoms with Crippen molar-refractivity contribution in [2.24, 2.45) is 11.3 Å². The zero-order chi connectivity index (χ0) is 11.1. The van der Waals surface area contributed by atoms with Crippen molar-refractivity contribution in [2.45, 2.75) is 27.2 Å². The minimum Gasteiger partial charge on any atom is -0.384 e. The van der Waals surface area contributed by atoms with Crippen LogP contribution in [0.1, 0.15) is 26.1 Å². The highest BCUT2D eigenvalue weighted by atomic mass is 15.0. The van der Waals surface area contributed by atoms with Gasteiger partial charge in [0.1, 0.15) is 17.5 Å². The van der Waals surface area contributed by atoms with E-state index >= 15 is 0 Å². The highest BCUT2D eigenvalue weighted by Gasteiger charge is 2.44. The molecule has 1 unspecified atom stereocenters. The molecule has 0 aromatic carbocycles. The fraction of sp³-hybridized carbons (Fsp3) is 0.636. The molecule has 1 aromatic heterocycles. The maximum Gasteiger partial charge on any atom is 0.131 e. The largest absolute Gasteiger partial charge is 0.384 e. The first-order valence-corrected chi connectivity index (χ1v) is 5.32. The molecule has 1 fully saturated rings. The summed E-state index contributed by atoms with van der Waals surface area (Å²) in [6.07, 6.45) is 1.29. The highest BCUT2D eigenvalue weighted by Crippen LogP contribution is 2.51. The van der Waals surface area contributed by atoms with Crippen LogP contribution in [0.2, 0.25) is 0 Å². The quantitative estimate of drug-likeness (QED) is 0.792. The molecule has 0 saturated heterocycles. The number of aromatic nitrogens is 2. The molecule has 3 N–H and O–H groups in total. The highest BCUT2D eigenvalue weighted by molar-refractivity contribution is 5.44. The first kappa shape index (κ1) is 10.2. The Morgan fingerprint density at radius 1 is 1.53 bits per heavy atom. The summed E-state index contributed by atoms with van der Waals surface area (Å²) < 4.78 is 0. The second-order valence-corrected chi connectivity index (χ2v) is 5.00. The second kappa shape index (κ2) is 3.36. The normalized spacial score (nSPS) is 22.5. The molecule has 1 saturated carbocycles. The lowest BCUT2D eigenvalue weighted by Gasteiger charge is -2.07. The Balaban J connectivity index is 1.94. The van der Waals surface area contributed by atoms with Gasteiger partial charge in [-0.2, -0.15) is 0 Å². The van der Waals surface area contributed by atoms with E-state index in [0.29, 0.717) is 17.1 Å². The molecule has 4 heteroatoms. The van der Waals surface area contributed by atoms with Crippen LogP contribution in [0.15, 0.2) is 6.07 Å². The molecule has 0 radical (unpaired) electrons. The number of anilines is 2. The molecule has 4 nitrogen and oxygen atoms in total. The van der Waals surface area contributed by atoms with Crippen molar-refractivity contribution < 1.29 is 0 Å². The van der Waals surface area contributed by atoms with Crippen LogP contribution < -0.4 is 11.1 Å². The molecular weight excluding hydrogens is 188 g/mol. The maximum absolute atomic E-state index is 5.64. The average molecular weight is 206 g/mol. The van der Waals surface area contributed by atoms with E-state index in [4.69, 9.17) is 5.73 Å². The number of nitrogens with zero attached hydrogens (tertiary/aromatic N) is 2. The Bertz CT molecular complexity index is 353. The van der Waals surface area contributed by atoms with Crippen molar-refractivity contribution in [1.29, 1.82) is 0 Å². The van der Waals surface area contributed by atoms with E-state index in [2.05, 4.69) is 29.1 Å². The number of hydrogen-bond donors (Lipinski definition) is 2. The summed E-state index contributed by atoms with van der Waals surface area (Å²) in [6, 6.07) is 1.78. The van der Waals surface area contributed by atoms with Crippen molar-refractivity contribution in [2.75, 3.05) is 17.6 Å². The van der Waals surface area contributed by atoms with Crippen LogP contribution in [-0.2, 0) is 0 Å². The molecule has 82 valence electrons. The minimum absolute atomic E-state index is 0.501. The molecule has 2 rings (SSSR count). The molecule has 1 aliphatic rings. The smallest absolute Gasteiger partial charge is 0.131 e. The SMILES string of the molecule is Cc1nc(N)cc(NCC2CC2(C)C)n1. The summed E-state index contributed by atoms with van der Waals surface area (Å²) in [6.45, 7) is 7.41. The number of hydrogen-bond acceptors (Lipinski definition) is 4. The van der Waals surface area contributed by atoms with E-state index in [1.807, 2.05) is 6.92 Å². The van der Waals surface area contributed by atoms with Gasteiger partial charge in [0, 0.05) is 12.6 Å². The number of aryl methyl sites for hydroxylation is 1. The van der Waals surface area contributed by atoms with Gasteiger partial charge >= 0.3 is 0 Å². The number of nitrogens with two attached hydrogens (primary N) is 1. The maximum atomic E-state index is 5.64. The van der Waals surface area contributed by atoms with Crippen LogP contribution in [0.3, 0.4) is 0 Å². The molecule has 0 amide bonds. The third-order valence-electron chi connectivity index (χ3n) is 3.10. The van der Waals surface area contributed by atoms with Gasteiger partial charge in [-0.05, 0) is 24.7 Å². The van der Waals surface area contributed by atoms with Gasteiger partial charge in [0.25, 0.3) is 0 Å². The van der Waals surface area contributed by atoms with Gasteiger partial charge in [0.2, 0.25) is 0 Å². The van der Waals surface area contributed by atoms with Crippen LogP contribution in [0, 0.1) is 18.3 Å². The Hall–Kier alpha value is -1.32. The fourth-order valence-electron chi connectivity index (χ4n) is 1.83. The number of rotatable bonds is 3. The van der Waals surface area contributed by atoms with Gasteiger partial charge in [-0.3, -0.25) is 0 Å². The predicted molar refractivity (Wildman–Crippen MR) is 61.6 cm³/mol. The number of nitrogens with one attached hydrogen (secondary N) is 1. The average Bonchev–Trinajstić information content (AvgIpc) is 2.69. The molecule has 0 aliphatic heterocycles. The topological polar surface area (TPSA) is 63.8 Å². The summed E-state index contributed by atoms with van der Waals surface area (Å²) in [4.78, 5) is 8.31. The van der Waals surface area contributed by atoms with Gasteiger partial charge in [0.05, 0.1) is 0 Å². The summed E-state index contributed by atoms with van der Waals surface area (Å²) in [5.74, 6) is 2.84. The van der Waals surface area contributed by atoms with Crippen LogP contribution in [0.5, 0.6) is 0 Å². The van der Waals surface area contributed by atoms with E-state index in [1.54, 1.807) is 6.07 Å². The third kappa shape index (κ3) is 2.37. The zero-order valence-electron chi connectivity index (χ0n) is 9.54. The first-order chi connectivity index (χ1) is 6.97. The molecule has 0 spiro atoms. The zero-order valence-corrected chi connectivity index (χ0v) is 9.54. The molecular formula is C11H18N4. The minimum atomic E-state index is 0.501. The van der Waals surface area contributed by atoms with E-state index in [0.717, 1.165) is 18.3 Å². The van der Waals surface area contributed by atoms with Crippen molar-refractivity contribution in [3.8, 4) is 0 Å². The summed E-state index contributed by atoms with van der Waals surface area (Å²) >= 11 is 0. The lowest BCUT2D eigenvalue weighted by molar-refractivity contribution is 0.573. The van der Waals surface area contributed by atoms with Crippen molar-refractivity contribution in [1.82, 2.24) is 9.97 Å². The van der Waals surface area contributed by atoms with Crippen LogP contribution in [-0.4, -0.2) is 16.5 Å². The standard InChI is InChI=1S/C11H18N4/c1-7-14-9(12)4-10(15-7)13-6-8-5-11(8,2)3/h4,8H,5-6H2,1-3H3,(H3,12,13,14,15). The van der Waals surface area contributed by atoms with Gasteiger partial charge in [0.15, 0.2) is 0 Å². The van der Waals surface area contributed by atoms with E-state index in [-0.39, 0.29) is 0 Å². The van der Waals surface area contributed by atoms with Gasteiger partial charge in [-0.15, -0.1) is 0 Å². The lowest BCUT2D eigenvalue weighted by atomic mass is 10.1. The van der Waals surface area contributed by atoms with Gasteiger partial charge in [-0.25, -0.2) is 9.97 Å². The van der Waals surface area contributed by atoms with Crippen LogP contribution in [0.25, 0.3) is 0 Å². The molecule has 1 heterocycles. The number of nitrogen functional groups attached to an aromatic ring is 1. The molecule has 1 aliphatic carbocycles. The van der Waals surface area contributed by atoms with E-state index in [1.165, 1.54) is 6.42 Å². The Morgan fingerprint density at radius 3 is 2.73 bits per heavy atom. The Kier molecular flexibility index (Phi) is 2.29. The molecule has 1 atom stereocenters. The Labute approximate surface area is 90.3 Å². The van der Waals surface area contributed by atoms with Crippen molar-refractivity contribution >= 4 is 11.6 Å². The van der Waals surface area contributed by atoms with E-state index < -0.39 is 0 Å². The van der Waals surface area contributed by atoms with Gasteiger partial charge < -0.3 is 11.1 Å². The fourth-order valence-corrected chi connectivity index (χ4v) is 1.83. The first-order valence-electron chi connectivity index (χ1n) is 5.32. The lowest BCUT2D eigenvalue weighted by Crippen LogP contribution is -2.09. The second-order valence-electron chi connectivity index (χ2n) is 5.00.